The van der Waals surface area contributed by atoms with Gasteiger partial charge in [0.15, 0.2) is 11.5 Å². The van der Waals surface area contributed by atoms with Crippen LogP contribution in [0.3, 0.4) is 0 Å². The molecule has 1 aromatic carbocycles. The van der Waals surface area contributed by atoms with Crippen LogP contribution in [0, 0.1) is 0 Å². The standard InChI is InChI=1S/C14H20ClNO4/c1-18-9-11(6-7-15)16-14(17)10-4-5-12(19-2)13(8-10)20-3/h4-5,8,11H,6-7,9H2,1-3H3,(H,16,17). The number of carbonyl (C=O) groups is 1. The van der Waals surface area contributed by atoms with Gasteiger partial charge >= 0.3 is 0 Å². The normalized spacial score (nSPS) is 11.8. The number of amides is 1. The molecule has 0 aromatic heterocycles. The van der Waals surface area contributed by atoms with Crippen LogP contribution in [0.15, 0.2) is 18.2 Å². The Kier molecular flexibility index (Phi) is 7.18. The fraction of sp³-hybridized carbons (Fsp3) is 0.500. The van der Waals surface area contributed by atoms with Gasteiger partial charge in [-0.2, -0.15) is 0 Å². The van der Waals surface area contributed by atoms with Crippen LogP contribution in [0.1, 0.15) is 16.8 Å². The van der Waals surface area contributed by atoms with Gasteiger partial charge in [0, 0.05) is 18.6 Å². The monoisotopic (exact) mass is 301 g/mol. The highest BCUT2D eigenvalue weighted by Crippen LogP contribution is 2.27. The Morgan fingerprint density at radius 2 is 1.95 bits per heavy atom. The molecular formula is C14H20ClNO4. The molecule has 0 saturated carbocycles. The minimum atomic E-state index is -0.196. The third-order valence-corrected chi connectivity index (χ3v) is 3.02. The van der Waals surface area contributed by atoms with Crippen molar-refractivity contribution in [3.05, 3.63) is 23.8 Å². The predicted octanol–water partition coefficient (Wildman–Crippen LogP) is 2.08. The lowest BCUT2D eigenvalue weighted by molar-refractivity contribution is 0.0895. The summed E-state index contributed by atoms with van der Waals surface area (Å²) in [5, 5.41) is 2.88. The smallest absolute Gasteiger partial charge is 0.251 e. The van der Waals surface area contributed by atoms with E-state index in [1.165, 1.54) is 7.11 Å². The van der Waals surface area contributed by atoms with Crippen LogP contribution in [0.2, 0.25) is 0 Å². The second kappa shape index (κ2) is 8.66. The lowest BCUT2D eigenvalue weighted by Crippen LogP contribution is -2.38. The maximum atomic E-state index is 12.2. The number of rotatable bonds is 8. The lowest BCUT2D eigenvalue weighted by atomic mass is 10.1. The van der Waals surface area contributed by atoms with Gasteiger partial charge in [-0.25, -0.2) is 0 Å². The molecule has 0 bridgehead atoms. The van der Waals surface area contributed by atoms with E-state index in [1.807, 2.05) is 0 Å². The number of alkyl halides is 1. The van der Waals surface area contributed by atoms with Gasteiger partial charge in [0.25, 0.3) is 5.91 Å². The molecule has 20 heavy (non-hydrogen) atoms. The van der Waals surface area contributed by atoms with E-state index in [0.717, 1.165) is 0 Å². The minimum absolute atomic E-state index is 0.113. The van der Waals surface area contributed by atoms with E-state index in [2.05, 4.69) is 5.32 Å². The van der Waals surface area contributed by atoms with E-state index in [1.54, 1.807) is 32.4 Å². The van der Waals surface area contributed by atoms with Crippen LogP contribution in [0.4, 0.5) is 0 Å². The summed E-state index contributed by atoms with van der Waals surface area (Å²) in [6.45, 7) is 0.422. The maximum Gasteiger partial charge on any atom is 0.251 e. The molecule has 1 rings (SSSR count). The molecule has 112 valence electrons. The number of hydrogen-bond donors (Lipinski definition) is 1. The molecular weight excluding hydrogens is 282 g/mol. The number of carbonyl (C=O) groups excluding carboxylic acids is 1. The molecule has 0 spiro atoms. The largest absolute Gasteiger partial charge is 0.493 e. The van der Waals surface area contributed by atoms with E-state index in [9.17, 15) is 4.79 Å². The highest BCUT2D eigenvalue weighted by atomic mass is 35.5. The van der Waals surface area contributed by atoms with Gasteiger partial charge in [0.2, 0.25) is 0 Å². The first-order valence-corrected chi connectivity index (χ1v) is 6.77. The van der Waals surface area contributed by atoms with Crippen LogP contribution in [-0.2, 0) is 4.74 Å². The second-order valence-electron chi connectivity index (χ2n) is 4.17. The first kappa shape index (κ1) is 16.6. The molecule has 1 amide bonds. The Bertz CT molecular complexity index is 433. The average Bonchev–Trinajstić information content (AvgIpc) is 2.46. The fourth-order valence-electron chi connectivity index (χ4n) is 1.78. The SMILES string of the molecule is COCC(CCCl)NC(=O)c1ccc(OC)c(OC)c1. The molecule has 6 heteroatoms. The number of benzene rings is 1. The van der Waals surface area contributed by atoms with Gasteiger partial charge < -0.3 is 19.5 Å². The van der Waals surface area contributed by atoms with Crippen molar-refractivity contribution in [2.75, 3.05) is 33.8 Å². The summed E-state index contributed by atoms with van der Waals surface area (Å²) < 4.78 is 15.4. The van der Waals surface area contributed by atoms with Crippen LogP contribution < -0.4 is 14.8 Å². The Balaban J connectivity index is 2.80. The summed E-state index contributed by atoms with van der Waals surface area (Å²) in [4.78, 5) is 12.2. The molecule has 0 aliphatic heterocycles. The van der Waals surface area contributed by atoms with Crippen molar-refractivity contribution in [3.8, 4) is 11.5 Å². The lowest BCUT2D eigenvalue weighted by Gasteiger charge is -2.17. The van der Waals surface area contributed by atoms with Crippen LogP contribution >= 0.6 is 11.6 Å². The summed E-state index contributed by atoms with van der Waals surface area (Å²) in [7, 11) is 4.66. The van der Waals surface area contributed by atoms with Crippen LogP contribution in [-0.4, -0.2) is 45.8 Å². The van der Waals surface area contributed by atoms with Gasteiger partial charge in [-0.1, -0.05) is 0 Å². The minimum Gasteiger partial charge on any atom is -0.493 e. The third-order valence-electron chi connectivity index (χ3n) is 2.81. The number of hydrogen-bond acceptors (Lipinski definition) is 4. The number of methoxy groups -OCH3 is 3. The number of halogens is 1. The van der Waals surface area contributed by atoms with Gasteiger partial charge in [-0.3, -0.25) is 4.79 Å². The van der Waals surface area contributed by atoms with Crippen molar-refractivity contribution in [1.29, 1.82) is 0 Å². The summed E-state index contributed by atoms with van der Waals surface area (Å²) >= 11 is 5.71. The maximum absolute atomic E-state index is 12.2. The van der Waals surface area contributed by atoms with Gasteiger partial charge in [-0.15, -0.1) is 11.6 Å². The highest BCUT2D eigenvalue weighted by Gasteiger charge is 2.15. The quantitative estimate of drug-likeness (QED) is 0.747. The molecule has 1 unspecified atom stereocenters. The topological polar surface area (TPSA) is 56.8 Å². The predicted molar refractivity (Wildman–Crippen MR) is 78.0 cm³/mol. The van der Waals surface area contributed by atoms with Crippen molar-refractivity contribution in [2.24, 2.45) is 0 Å². The van der Waals surface area contributed by atoms with Crippen molar-refractivity contribution in [2.45, 2.75) is 12.5 Å². The summed E-state index contributed by atoms with van der Waals surface area (Å²) in [6, 6.07) is 4.90. The molecule has 1 atom stereocenters. The molecule has 5 nitrogen and oxygen atoms in total. The van der Waals surface area contributed by atoms with E-state index in [4.69, 9.17) is 25.8 Å². The van der Waals surface area contributed by atoms with Crippen molar-refractivity contribution < 1.29 is 19.0 Å². The summed E-state index contributed by atoms with van der Waals surface area (Å²) in [6.07, 6.45) is 0.647. The molecule has 0 aliphatic rings. The molecule has 0 radical (unpaired) electrons. The molecule has 1 N–H and O–H groups in total. The number of ether oxygens (including phenoxy) is 3. The molecule has 0 fully saturated rings. The summed E-state index contributed by atoms with van der Waals surface area (Å²) in [5.41, 5.74) is 0.498. The van der Waals surface area contributed by atoms with E-state index in [-0.39, 0.29) is 11.9 Å². The third kappa shape index (κ3) is 4.58. The fourth-order valence-corrected chi connectivity index (χ4v) is 2.04. The second-order valence-corrected chi connectivity index (χ2v) is 4.55. The average molecular weight is 302 g/mol. The zero-order valence-corrected chi connectivity index (χ0v) is 12.7. The van der Waals surface area contributed by atoms with E-state index >= 15 is 0 Å². The summed E-state index contributed by atoms with van der Waals surface area (Å²) in [5.74, 6) is 1.36. The Morgan fingerprint density at radius 1 is 1.25 bits per heavy atom. The Hall–Kier alpha value is -1.46. The molecule has 1 aromatic rings. The van der Waals surface area contributed by atoms with E-state index in [0.29, 0.717) is 36.0 Å². The van der Waals surface area contributed by atoms with Crippen molar-refractivity contribution in [1.82, 2.24) is 5.32 Å². The highest BCUT2D eigenvalue weighted by molar-refractivity contribution is 6.17. The molecule has 0 heterocycles. The first-order valence-electron chi connectivity index (χ1n) is 6.24. The zero-order valence-electron chi connectivity index (χ0n) is 11.9. The molecule has 0 aliphatic carbocycles. The van der Waals surface area contributed by atoms with Crippen LogP contribution in [0.5, 0.6) is 11.5 Å². The van der Waals surface area contributed by atoms with Gasteiger partial charge in [-0.05, 0) is 24.6 Å². The van der Waals surface area contributed by atoms with Crippen molar-refractivity contribution in [3.63, 3.8) is 0 Å². The van der Waals surface area contributed by atoms with Crippen LogP contribution in [0.25, 0.3) is 0 Å². The van der Waals surface area contributed by atoms with E-state index < -0.39 is 0 Å². The zero-order chi connectivity index (χ0) is 15.0. The first-order chi connectivity index (χ1) is 9.65. The Morgan fingerprint density at radius 3 is 2.50 bits per heavy atom. The van der Waals surface area contributed by atoms with Crippen molar-refractivity contribution >= 4 is 17.5 Å². The molecule has 0 saturated heterocycles. The number of nitrogens with one attached hydrogen (secondary N) is 1. The Labute approximate surface area is 124 Å². The van der Waals surface area contributed by atoms with Gasteiger partial charge in [0.1, 0.15) is 0 Å². The van der Waals surface area contributed by atoms with Gasteiger partial charge in [0.05, 0.1) is 26.9 Å².